The summed E-state index contributed by atoms with van der Waals surface area (Å²) in [6, 6.07) is 12.7. The molecule has 40 heavy (non-hydrogen) atoms. The van der Waals surface area contributed by atoms with Gasteiger partial charge in [0.25, 0.3) is 5.91 Å². The van der Waals surface area contributed by atoms with Gasteiger partial charge in [-0.3, -0.25) is 14.4 Å². The van der Waals surface area contributed by atoms with E-state index in [0.29, 0.717) is 17.9 Å². The van der Waals surface area contributed by atoms with E-state index < -0.39 is 30.0 Å². The summed E-state index contributed by atoms with van der Waals surface area (Å²) in [7, 11) is 1.51. The van der Waals surface area contributed by atoms with E-state index in [0.717, 1.165) is 21.7 Å². The Morgan fingerprint density at radius 1 is 1.27 bits per heavy atom. The number of hydrogen-bond acceptors (Lipinski definition) is 7. The molecule has 3 amide bonds. The average molecular weight is 563 g/mol. The first kappa shape index (κ1) is 29.0. The van der Waals surface area contributed by atoms with Gasteiger partial charge in [0, 0.05) is 32.1 Å². The summed E-state index contributed by atoms with van der Waals surface area (Å²) < 4.78 is 5.49. The van der Waals surface area contributed by atoms with Crippen LogP contribution in [0, 0.1) is 6.92 Å². The highest BCUT2D eigenvalue weighted by molar-refractivity contribution is 7.13. The number of β-amino-alcohol motifs (C(OH)–C–C–N with tert-alkyl or cyclic N) is 1. The van der Waals surface area contributed by atoms with Crippen molar-refractivity contribution in [3.8, 4) is 16.2 Å². The Morgan fingerprint density at radius 3 is 2.67 bits per heavy atom. The molecule has 3 atom stereocenters. The third-order valence-corrected chi connectivity index (χ3v) is 7.88. The third kappa shape index (κ3) is 6.40. The summed E-state index contributed by atoms with van der Waals surface area (Å²) in [4.78, 5) is 48.0. The van der Waals surface area contributed by atoms with Crippen LogP contribution in [0.5, 0.6) is 5.75 Å². The van der Waals surface area contributed by atoms with Crippen molar-refractivity contribution in [2.24, 2.45) is 0 Å². The number of hydrogen-bond donors (Lipinski definition) is 2. The highest BCUT2D eigenvalue weighted by atomic mass is 32.1. The molecule has 1 fully saturated rings. The van der Waals surface area contributed by atoms with Crippen LogP contribution in [0.4, 0.5) is 0 Å². The fourth-order valence-corrected chi connectivity index (χ4v) is 5.59. The van der Waals surface area contributed by atoms with Crippen LogP contribution >= 0.6 is 11.3 Å². The van der Waals surface area contributed by atoms with Crippen LogP contribution in [-0.4, -0.2) is 76.0 Å². The normalized spacial score (nSPS) is 17.2. The molecule has 3 aromatic rings. The number of likely N-dealkylation sites (tertiary alicyclic amines) is 1. The molecule has 10 heteroatoms. The Balaban J connectivity index is 1.42. The van der Waals surface area contributed by atoms with Gasteiger partial charge in [0.05, 0.1) is 28.8 Å². The van der Waals surface area contributed by atoms with Crippen LogP contribution in [0.2, 0.25) is 0 Å². The van der Waals surface area contributed by atoms with E-state index in [9.17, 15) is 19.5 Å². The summed E-state index contributed by atoms with van der Waals surface area (Å²) in [5.41, 5.74) is 5.11. The summed E-state index contributed by atoms with van der Waals surface area (Å²) in [6.45, 7) is 8.30. The number of ether oxygens (including phenoxy) is 1. The quantitative estimate of drug-likeness (QED) is 0.366. The minimum Gasteiger partial charge on any atom is -0.494 e. The number of thiazole rings is 1. The van der Waals surface area contributed by atoms with Crippen LogP contribution in [0.15, 0.2) is 66.7 Å². The lowest BCUT2D eigenvalue weighted by Gasteiger charge is -2.31. The number of carbonyl (C=O) groups excluding carboxylic acids is 3. The molecule has 0 aliphatic carbocycles. The summed E-state index contributed by atoms with van der Waals surface area (Å²) in [5.74, 6) is -0.685. The van der Waals surface area contributed by atoms with Gasteiger partial charge < -0.3 is 25.0 Å². The zero-order chi connectivity index (χ0) is 28.8. The average Bonchev–Trinajstić information content (AvgIpc) is 3.57. The Bertz CT molecular complexity index is 1370. The van der Waals surface area contributed by atoms with E-state index >= 15 is 0 Å². The van der Waals surface area contributed by atoms with Crippen molar-refractivity contribution in [3.63, 3.8) is 0 Å². The molecule has 2 N–H and O–H groups in total. The van der Waals surface area contributed by atoms with E-state index in [1.54, 1.807) is 35.6 Å². The molecule has 4 rings (SSSR count). The molecule has 0 unspecified atom stereocenters. The van der Waals surface area contributed by atoms with Gasteiger partial charge in [-0.05, 0) is 43.2 Å². The number of nitrogens with one attached hydrogen (secondary N) is 1. The zero-order valence-corrected chi connectivity index (χ0v) is 23.7. The number of benzene rings is 2. The third-order valence-electron chi connectivity index (χ3n) is 6.90. The topological polar surface area (TPSA) is 112 Å². The smallest absolute Gasteiger partial charge is 0.254 e. The molecule has 2 aromatic carbocycles. The van der Waals surface area contributed by atoms with E-state index in [-0.39, 0.29) is 25.4 Å². The summed E-state index contributed by atoms with van der Waals surface area (Å²) >= 11 is 1.58. The maximum absolute atomic E-state index is 13.6. The van der Waals surface area contributed by atoms with Crippen molar-refractivity contribution in [2.45, 2.75) is 45.0 Å². The van der Waals surface area contributed by atoms with Gasteiger partial charge in [-0.15, -0.1) is 17.9 Å². The first-order valence-electron chi connectivity index (χ1n) is 13.1. The van der Waals surface area contributed by atoms with Crippen molar-refractivity contribution < 1.29 is 24.2 Å². The standard InChI is InChI=1S/C30H34N4O5S/c1-5-25(33(4)29(37)22-8-7-9-24(14-22)39-6-2)30(38)34-17-23(35)15-26(34)28(36)31-16-20-10-12-21(13-11-20)27-19(3)32-18-40-27/h5,7-14,18,23,25-26,35H,1,6,15-17H2,2-4H3,(H,31,36)/t23-,25+,26+/m1/s1. The molecule has 0 spiro atoms. The van der Waals surface area contributed by atoms with E-state index in [1.165, 1.54) is 22.9 Å². The Labute approximate surface area is 238 Å². The largest absolute Gasteiger partial charge is 0.494 e. The number of amides is 3. The van der Waals surface area contributed by atoms with Gasteiger partial charge in [-0.2, -0.15) is 0 Å². The fraction of sp³-hybridized carbons (Fsp3) is 0.333. The Morgan fingerprint density at radius 2 is 2.02 bits per heavy atom. The number of rotatable bonds is 10. The molecule has 0 radical (unpaired) electrons. The zero-order valence-electron chi connectivity index (χ0n) is 22.9. The molecule has 0 bridgehead atoms. The second-order valence-corrected chi connectivity index (χ2v) is 10.5. The van der Waals surface area contributed by atoms with Crippen LogP contribution < -0.4 is 10.1 Å². The highest BCUT2D eigenvalue weighted by Gasteiger charge is 2.42. The predicted octanol–water partition coefficient (Wildman–Crippen LogP) is 3.42. The van der Waals surface area contributed by atoms with Gasteiger partial charge in [0.15, 0.2) is 0 Å². The molecule has 2 heterocycles. The molecule has 1 aliphatic heterocycles. The monoisotopic (exact) mass is 562 g/mol. The highest BCUT2D eigenvalue weighted by Crippen LogP contribution is 2.27. The minimum absolute atomic E-state index is 0.00792. The van der Waals surface area contributed by atoms with Gasteiger partial charge in [0.1, 0.15) is 17.8 Å². The first-order valence-corrected chi connectivity index (χ1v) is 14.0. The number of carbonyl (C=O) groups is 3. The minimum atomic E-state index is -1.02. The van der Waals surface area contributed by atoms with Crippen LogP contribution in [-0.2, 0) is 16.1 Å². The van der Waals surface area contributed by atoms with Crippen LogP contribution in [0.3, 0.4) is 0 Å². The van der Waals surface area contributed by atoms with E-state index in [2.05, 4.69) is 16.9 Å². The number of aliphatic hydroxyl groups is 1. The second kappa shape index (κ2) is 12.9. The Hall–Kier alpha value is -4.02. The van der Waals surface area contributed by atoms with Gasteiger partial charge in [-0.1, -0.05) is 36.4 Å². The molecule has 1 aliphatic rings. The fourth-order valence-electron chi connectivity index (χ4n) is 4.78. The lowest BCUT2D eigenvalue weighted by Crippen LogP contribution is -2.53. The number of nitrogens with zero attached hydrogens (tertiary/aromatic N) is 3. The maximum Gasteiger partial charge on any atom is 0.254 e. The summed E-state index contributed by atoms with van der Waals surface area (Å²) in [6.07, 6.45) is 0.633. The van der Waals surface area contributed by atoms with Crippen LogP contribution in [0.1, 0.15) is 35.0 Å². The lowest BCUT2D eigenvalue weighted by molar-refractivity contribution is -0.140. The molecule has 1 saturated heterocycles. The molecule has 0 saturated carbocycles. The lowest BCUT2D eigenvalue weighted by atomic mass is 10.1. The van der Waals surface area contributed by atoms with Gasteiger partial charge in [0.2, 0.25) is 11.8 Å². The van der Waals surface area contributed by atoms with E-state index in [1.807, 2.05) is 43.6 Å². The number of aromatic nitrogens is 1. The number of aryl methyl sites for hydroxylation is 1. The van der Waals surface area contributed by atoms with Crippen molar-refractivity contribution >= 4 is 29.1 Å². The van der Waals surface area contributed by atoms with E-state index in [4.69, 9.17) is 4.74 Å². The molecule has 9 nitrogen and oxygen atoms in total. The van der Waals surface area contributed by atoms with Crippen molar-refractivity contribution in [1.82, 2.24) is 20.1 Å². The molecule has 1 aromatic heterocycles. The SMILES string of the molecule is C=C[C@@H](C(=O)N1C[C@H](O)C[C@H]1C(=O)NCc1ccc(-c2scnc2C)cc1)N(C)C(=O)c1cccc(OCC)c1. The van der Waals surface area contributed by atoms with Crippen molar-refractivity contribution in [2.75, 3.05) is 20.2 Å². The molecule has 210 valence electrons. The second-order valence-electron chi connectivity index (χ2n) is 9.63. The van der Waals surface area contributed by atoms with Crippen molar-refractivity contribution in [3.05, 3.63) is 83.5 Å². The molecular weight excluding hydrogens is 528 g/mol. The first-order chi connectivity index (χ1) is 19.2. The number of likely N-dealkylation sites (N-methyl/N-ethyl adjacent to an activating group) is 1. The summed E-state index contributed by atoms with van der Waals surface area (Å²) in [5, 5.41) is 13.3. The maximum atomic E-state index is 13.6. The Kier molecular flexibility index (Phi) is 9.34. The van der Waals surface area contributed by atoms with Gasteiger partial charge >= 0.3 is 0 Å². The van der Waals surface area contributed by atoms with Crippen LogP contribution in [0.25, 0.3) is 10.4 Å². The molecular formula is C30H34N4O5S. The van der Waals surface area contributed by atoms with Crippen molar-refractivity contribution in [1.29, 1.82) is 0 Å². The number of aliphatic hydroxyl groups excluding tert-OH is 1. The predicted molar refractivity (Wildman–Crippen MR) is 154 cm³/mol. The van der Waals surface area contributed by atoms with Gasteiger partial charge in [-0.25, -0.2) is 4.98 Å².